The molecule has 0 spiro atoms. The van der Waals surface area contributed by atoms with Crippen molar-refractivity contribution in [3.63, 3.8) is 0 Å². The summed E-state index contributed by atoms with van der Waals surface area (Å²) >= 11 is 0. The van der Waals surface area contributed by atoms with Crippen molar-refractivity contribution in [2.45, 2.75) is 12.7 Å². The topological polar surface area (TPSA) is 37.2 Å². The van der Waals surface area contributed by atoms with Crippen LogP contribution in [-0.4, -0.2) is 50.7 Å². The van der Waals surface area contributed by atoms with Crippen molar-refractivity contribution in [1.82, 2.24) is 24.6 Å². The number of aromatic nitrogens is 3. The van der Waals surface area contributed by atoms with Crippen molar-refractivity contribution in [3.8, 4) is 11.3 Å². The van der Waals surface area contributed by atoms with Gasteiger partial charge in [-0.3, -0.25) is 19.5 Å². The average Bonchev–Trinajstić information content (AvgIpc) is 3.30. The van der Waals surface area contributed by atoms with Crippen LogP contribution in [0.15, 0.2) is 97.5 Å². The number of pyridine rings is 1. The highest BCUT2D eigenvalue weighted by Crippen LogP contribution is 2.29. The van der Waals surface area contributed by atoms with E-state index in [-0.39, 0.29) is 0 Å². The molecule has 3 heterocycles. The molecule has 2 aromatic heterocycles. The van der Waals surface area contributed by atoms with E-state index in [0.29, 0.717) is 6.04 Å². The molecular formula is C26H27N5. The van der Waals surface area contributed by atoms with E-state index in [1.807, 2.05) is 30.7 Å². The Bertz CT molecular complexity index is 1030. The van der Waals surface area contributed by atoms with Crippen LogP contribution in [0.2, 0.25) is 0 Å². The summed E-state index contributed by atoms with van der Waals surface area (Å²) in [5.41, 5.74) is 5.00. The van der Waals surface area contributed by atoms with Crippen LogP contribution < -0.4 is 0 Å². The van der Waals surface area contributed by atoms with Crippen LogP contribution >= 0.6 is 0 Å². The van der Waals surface area contributed by atoms with Gasteiger partial charge in [0, 0.05) is 50.3 Å². The Morgan fingerprint density at radius 3 is 1.90 bits per heavy atom. The Morgan fingerprint density at radius 1 is 0.677 bits per heavy atom. The van der Waals surface area contributed by atoms with Gasteiger partial charge in [-0.1, -0.05) is 60.7 Å². The van der Waals surface area contributed by atoms with Gasteiger partial charge in [-0.05, 0) is 29.3 Å². The van der Waals surface area contributed by atoms with Crippen LogP contribution in [0.5, 0.6) is 0 Å². The first-order valence-corrected chi connectivity index (χ1v) is 10.9. The molecule has 1 aliphatic rings. The maximum Gasteiger partial charge on any atom is 0.0936 e. The summed E-state index contributed by atoms with van der Waals surface area (Å²) in [5, 5.41) is 4.58. The molecule has 0 aliphatic carbocycles. The molecule has 5 rings (SSSR count). The van der Waals surface area contributed by atoms with Crippen LogP contribution in [0.3, 0.4) is 0 Å². The molecule has 5 nitrogen and oxygen atoms in total. The van der Waals surface area contributed by atoms with Crippen LogP contribution in [0.4, 0.5) is 0 Å². The predicted molar refractivity (Wildman–Crippen MR) is 123 cm³/mol. The average molecular weight is 410 g/mol. The van der Waals surface area contributed by atoms with E-state index in [1.165, 1.54) is 11.1 Å². The van der Waals surface area contributed by atoms with Crippen LogP contribution in [0.25, 0.3) is 11.3 Å². The van der Waals surface area contributed by atoms with Crippen molar-refractivity contribution >= 4 is 0 Å². The minimum atomic E-state index is 0.293. The van der Waals surface area contributed by atoms with Gasteiger partial charge in [0.25, 0.3) is 0 Å². The van der Waals surface area contributed by atoms with E-state index in [0.717, 1.165) is 44.1 Å². The van der Waals surface area contributed by atoms with Gasteiger partial charge < -0.3 is 0 Å². The third-order valence-corrected chi connectivity index (χ3v) is 6.03. The van der Waals surface area contributed by atoms with E-state index < -0.39 is 0 Å². The number of piperazine rings is 1. The van der Waals surface area contributed by atoms with Gasteiger partial charge in [-0.2, -0.15) is 5.10 Å². The molecular weight excluding hydrogens is 382 g/mol. The van der Waals surface area contributed by atoms with Gasteiger partial charge in [0.05, 0.1) is 18.4 Å². The van der Waals surface area contributed by atoms with Crippen LogP contribution in [0.1, 0.15) is 17.2 Å². The van der Waals surface area contributed by atoms with Gasteiger partial charge in [0.1, 0.15) is 0 Å². The number of hydrogen-bond acceptors (Lipinski definition) is 4. The van der Waals surface area contributed by atoms with Gasteiger partial charge in [0.2, 0.25) is 0 Å². The van der Waals surface area contributed by atoms with E-state index in [1.54, 1.807) is 0 Å². The van der Waals surface area contributed by atoms with E-state index >= 15 is 0 Å². The Morgan fingerprint density at radius 2 is 1.29 bits per heavy atom. The summed E-state index contributed by atoms with van der Waals surface area (Å²) in [7, 11) is 0. The number of rotatable bonds is 6. The standard InChI is InChI=1S/C26H27N5/c1-3-7-23(8-4-1)26(24-9-5-2-6-10-24)30-19-17-29(18-20-30)21-31-25(13-16-28-31)22-11-14-27-15-12-22/h1-16,26H,17-21H2. The highest BCUT2D eigenvalue weighted by molar-refractivity contribution is 5.58. The Kier molecular flexibility index (Phi) is 5.87. The van der Waals surface area contributed by atoms with Gasteiger partial charge >= 0.3 is 0 Å². The normalized spacial score (nSPS) is 15.4. The number of benzene rings is 2. The van der Waals surface area contributed by atoms with Gasteiger partial charge in [-0.15, -0.1) is 0 Å². The summed E-state index contributed by atoms with van der Waals surface area (Å²) in [6, 6.07) is 28.2. The zero-order valence-electron chi connectivity index (χ0n) is 17.6. The highest BCUT2D eigenvalue weighted by atomic mass is 15.4. The fourth-order valence-corrected chi connectivity index (χ4v) is 4.45. The molecule has 0 unspecified atom stereocenters. The second-order valence-electron chi connectivity index (χ2n) is 7.97. The molecule has 0 bridgehead atoms. The van der Waals surface area contributed by atoms with E-state index in [9.17, 15) is 0 Å². The van der Waals surface area contributed by atoms with Crippen molar-refractivity contribution in [2.24, 2.45) is 0 Å². The van der Waals surface area contributed by atoms with Crippen LogP contribution in [-0.2, 0) is 6.67 Å². The summed E-state index contributed by atoms with van der Waals surface area (Å²) in [4.78, 5) is 9.22. The third-order valence-electron chi connectivity index (χ3n) is 6.03. The molecule has 2 aromatic carbocycles. The third kappa shape index (κ3) is 4.43. The lowest BCUT2D eigenvalue weighted by Gasteiger charge is -2.39. The van der Waals surface area contributed by atoms with Gasteiger partial charge in [0.15, 0.2) is 0 Å². The molecule has 31 heavy (non-hydrogen) atoms. The van der Waals surface area contributed by atoms with Crippen molar-refractivity contribution in [3.05, 3.63) is 109 Å². The zero-order chi connectivity index (χ0) is 20.9. The first kappa shape index (κ1) is 19.7. The van der Waals surface area contributed by atoms with Crippen molar-refractivity contribution in [2.75, 3.05) is 26.2 Å². The Labute approximate surface area is 183 Å². The second-order valence-corrected chi connectivity index (χ2v) is 7.97. The number of hydrogen-bond donors (Lipinski definition) is 0. The monoisotopic (exact) mass is 409 g/mol. The Balaban J connectivity index is 1.29. The molecule has 0 atom stereocenters. The molecule has 0 saturated carbocycles. The summed E-state index contributed by atoms with van der Waals surface area (Å²) < 4.78 is 2.09. The first-order valence-electron chi connectivity index (χ1n) is 10.9. The smallest absolute Gasteiger partial charge is 0.0936 e. The lowest BCUT2D eigenvalue weighted by atomic mass is 9.96. The molecule has 4 aromatic rings. The first-order chi connectivity index (χ1) is 15.4. The van der Waals surface area contributed by atoms with Crippen LogP contribution in [0, 0.1) is 0 Å². The molecule has 0 amide bonds. The molecule has 1 fully saturated rings. The molecule has 156 valence electrons. The largest absolute Gasteiger partial charge is 0.290 e. The summed E-state index contributed by atoms with van der Waals surface area (Å²) in [6.45, 7) is 4.90. The second kappa shape index (κ2) is 9.25. The predicted octanol–water partition coefficient (Wildman–Crippen LogP) is 4.31. The fraction of sp³-hybridized carbons (Fsp3) is 0.231. The fourth-order valence-electron chi connectivity index (χ4n) is 4.45. The lowest BCUT2D eigenvalue weighted by Crippen LogP contribution is -2.48. The molecule has 5 heteroatoms. The minimum Gasteiger partial charge on any atom is -0.290 e. The maximum absolute atomic E-state index is 4.58. The lowest BCUT2D eigenvalue weighted by molar-refractivity contribution is 0.0855. The molecule has 0 N–H and O–H groups in total. The molecule has 1 aliphatic heterocycles. The van der Waals surface area contributed by atoms with Crippen molar-refractivity contribution < 1.29 is 0 Å². The highest BCUT2D eigenvalue weighted by Gasteiger charge is 2.26. The van der Waals surface area contributed by atoms with E-state index in [4.69, 9.17) is 0 Å². The number of nitrogens with zero attached hydrogens (tertiary/aromatic N) is 5. The minimum absolute atomic E-state index is 0.293. The summed E-state index contributed by atoms with van der Waals surface area (Å²) in [6.07, 6.45) is 5.55. The zero-order valence-corrected chi connectivity index (χ0v) is 17.6. The van der Waals surface area contributed by atoms with Gasteiger partial charge in [-0.25, -0.2) is 0 Å². The summed E-state index contributed by atoms with van der Waals surface area (Å²) in [5.74, 6) is 0. The Hall–Kier alpha value is -3.28. The molecule has 0 radical (unpaired) electrons. The SMILES string of the molecule is c1ccc(C(c2ccccc2)N2CCN(Cn3nccc3-c3ccncc3)CC2)cc1. The quantitative estimate of drug-likeness (QED) is 0.476. The van der Waals surface area contributed by atoms with Crippen molar-refractivity contribution in [1.29, 1.82) is 0 Å². The molecule has 1 saturated heterocycles. The van der Waals surface area contributed by atoms with E-state index in [2.05, 4.69) is 91.3 Å². The maximum atomic E-state index is 4.58.